The molecule has 1 aromatic carbocycles. The van der Waals surface area contributed by atoms with Crippen LogP contribution in [-0.4, -0.2) is 43.9 Å². The predicted molar refractivity (Wildman–Crippen MR) is 112 cm³/mol. The molecule has 1 aliphatic carbocycles. The predicted octanol–water partition coefficient (Wildman–Crippen LogP) is 2.79. The number of nitrogens with zero attached hydrogens (tertiary/aromatic N) is 3. The number of amides is 1. The van der Waals surface area contributed by atoms with Crippen molar-refractivity contribution in [2.75, 3.05) is 6.54 Å². The highest BCUT2D eigenvalue weighted by atomic mass is 16.3. The van der Waals surface area contributed by atoms with Crippen molar-refractivity contribution >= 4 is 5.91 Å². The standard InChI is InChI=1S/C23H32N4O2/c1-23(29)12-13-27(16-17-14-24-26(2)15-17)20(18-8-4-3-5-9-18)21(23)25-22(28)19-10-6-7-11-19/h3-5,8-9,14-15,19-21,29H,6-7,10-13,16H2,1-2H3,(H,25,28)/t20-,21-,23+/m0/s1. The largest absolute Gasteiger partial charge is 0.388 e. The van der Waals surface area contributed by atoms with Gasteiger partial charge in [-0.05, 0) is 31.7 Å². The summed E-state index contributed by atoms with van der Waals surface area (Å²) in [5.74, 6) is 0.174. The first-order valence-electron chi connectivity index (χ1n) is 10.7. The van der Waals surface area contributed by atoms with E-state index in [1.54, 1.807) is 0 Å². The molecule has 0 spiro atoms. The van der Waals surface area contributed by atoms with Gasteiger partial charge in [0.15, 0.2) is 0 Å². The second kappa shape index (κ2) is 8.28. The van der Waals surface area contributed by atoms with Gasteiger partial charge in [0.25, 0.3) is 0 Å². The number of carbonyl (C=O) groups excluding carboxylic acids is 1. The Bertz CT molecular complexity index is 826. The Balaban J connectivity index is 1.64. The van der Waals surface area contributed by atoms with Gasteiger partial charge in [0.2, 0.25) is 5.91 Å². The lowest BCUT2D eigenvalue weighted by molar-refractivity contribution is -0.132. The van der Waals surface area contributed by atoms with E-state index in [1.165, 1.54) is 0 Å². The molecule has 2 aliphatic rings. The summed E-state index contributed by atoms with van der Waals surface area (Å²) in [6.07, 6.45) is 8.68. The summed E-state index contributed by atoms with van der Waals surface area (Å²) >= 11 is 0. The summed E-state index contributed by atoms with van der Waals surface area (Å²) < 4.78 is 1.81. The van der Waals surface area contributed by atoms with Gasteiger partial charge < -0.3 is 10.4 Å². The number of hydrogen-bond acceptors (Lipinski definition) is 4. The maximum atomic E-state index is 13.0. The van der Waals surface area contributed by atoms with Crippen molar-refractivity contribution in [3.8, 4) is 0 Å². The number of carbonyl (C=O) groups is 1. The lowest BCUT2D eigenvalue weighted by Crippen LogP contribution is -2.62. The lowest BCUT2D eigenvalue weighted by Gasteiger charge is -2.49. The molecule has 4 rings (SSSR count). The third-order valence-electron chi connectivity index (χ3n) is 6.59. The number of benzene rings is 1. The molecule has 0 radical (unpaired) electrons. The smallest absolute Gasteiger partial charge is 0.223 e. The van der Waals surface area contributed by atoms with Gasteiger partial charge in [-0.1, -0.05) is 43.2 Å². The molecule has 1 saturated heterocycles. The number of aromatic nitrogens is 2. The molecule has 3 atom stereocenters. The monoisotopic (exact) mass is 396 g/mol. The SMILES string of the molecule is Cn1cc(CN2CC[C@@](C)(O)[C@@H](NC(=O)C3CCCC3)[C@@H]2c2ccccc2)cn1. The summed E-state index contributed by atoms with van der Waals surface area (Å²) in [6.45, 7) is 3.36. The molecule has 2 aromatic rings. The Kier molecular flexibility index (Phi) is 5.74. The van der Waals surface area contributed by atoms with Gasteiger partial charge in [-0.2, -0.15) is 5.10 Å². The Morgan fingerprint density at radius 3 is 2.66 bits per heavy atom. The van der Waals surface area contributed by atoms with Gasteiger partial charge in [0.1, 0.15) is 0 Å². The number of rotatable bonds is 5. The van der Waals surface area contributed by atoms with Crippen molar-refractivity contribution in [1.29, 1.82) is 0 Å². The molecule has 2 heterocycles. The Morgan fingerprint density at radius 2 is 2.00 bits per heavy atom. The minimum absolute atomic E-state index is 0.0796. The molecule has 6 heteroatoms. The maximum Gasteiger partial charge on any atom is 0.223 e. The van der Waals surface area contributed by atoms with Crippen LogP contribution in [0.3, 0.4) is 0 Å². The van der Waals surface area contributed by atoms with Crippen LogP contribution in [0.25, 0.3) is 0 Å². The van der Waals surface area contributed by atoms with E-state index in [2.05, 4.69) is 27.4 Å². The fourth-order valence-corrected chi connectivity index (χ4v) is 4.93. The van der Waals surface area contributed by atoms with Crippen LogP contribution >= 0.6 is 0 Å². The zero-order chi connectivity index (χ0) is 20.4. The molecular weight excluding hydrogens is 364 g/mol. The van der Waals surface area contributed by atoms with Crippen LogP contribution in [0.4, 0.5) is 0 Å². The van der Waals surface area contributed by atoms with E-state index >= 15 is 0 Å². The van der Waals surface area contributed by atoms with E-state index in [0.29, 0.717) is 6.42 Å². The van der Waals surface area contributed by atoms with Crippen LogP contribution in [0.15, 0.2) is 42.7 Å². The highest BCUT2D eigenvalue weighted by Crippen LogP contribution is 2.38. The molecular formula is C23H32N4O2. The molecule has 0 bridgehead atoms. The van der Waals surface area contributed by atoms with Crippen LogP contribution in [0.2, 0.25) is 0 Å². The highest BCUT2D eigenvalue weighted by molar-refractivity contribution is 5.79. The lowest BCUT2D eigenvalue weighted by atomic mass is 9.79. The number of hydrogen-bond donors (Lipinski definition) is 2. The second-order valence-corrected chi connectivity index (χ2v) is 8.92. The van der Waals surface area contributed by atoms with Gasteiger partial charge in [-0.25, -0.2) is 0 Å². The third-order valence-corrected chi connectivity index (χ3v) is 6.59. The minimum atomic E-state index is -0.958. The Morgan fingerprint density at radius 1 is 1.28 bits per heavy atom. The fourth-order valence-electron chi connectivity index (χ4n) is 4.93. The van der Waals surface area contributed by atoms with Crippen LogP contribution < -0.4 is 5.32 Å². The molecule has 29 heavy (non-hydrogen) atoms. The number of piperidine rings is 1. The van der Waals surface area contributed by atoms with Crippen molar-refractivity contribution in [3.05, 3.63) is 53.9 Å². The van der Waals surface area contributed by atoms with Gasteiger partial charge in [0.05, 0.1) is 23.9 Å². The normalized spacial score (nSPS) is 28.5. The molecule has 1 aliphatic heterocycles. The third kappa shape index (κ3) is 4.38. The van der Waals surface area contributed by atoms with Crippen LogP contribution in [0.5, 0.6) is 0 Å². The van der Waals surface area contributed by atoms with Crippen molar-refractivity contribution in [1.82, 2.24) is 20.0 Å². The molecule has 1 amide bonds. The van der Waals surface area contributed by atoms with E-state index in [4.69, 9.17) is 0 Å². The highest BCUT2D eigenvalue weighted by Gasteiger charge is 2.46. The quantitative estimate of drug-likeness (QED) is 0.815. The molecule has 6 nitrogen and oxygen atoms in total. The molecule has 2 fully saturated rings. The summed E-state index contributed by atoms with van der Waals surface area (Å²) in [7, 11) is 1.92. The average molecular weight is 397 g/mol. The number of aliphatic hydroxyl groups is 1. The molecule has 2 N–H and O–H groups in total. The Labute approximate surface area is 172 Å². The fraction of sp³-hybridized carbons (Fsp3) is 0.565. The summed E-state index contributed by atoms with van der Waals surface area (Å²) in [5.41, 5.74) is 1.30. The van der Waals surface area contributed by atoms with E-state index < -0.39 is 5.60 Å². The summed E-state index contributed by atoms with van der Waals surface area (Å²) in [6, 6.07) is 9.79. The summed E-state index contributed by atoms with van der Waals surface area (Å²) in [5, 5.41) is 18.9. The first-order valence-corrected chi connectivity index (χ1v) is 10.7. The zero-order valence-corrected chi connectivity index (χ0v) is 17.4. The van der Waals surface area contributed by atoms with Crippen molar-refractivity contribution in [2.24, 2.45) is 13.0 Å². The van der Waals surface area contributed by atoms with E-state index in [-0.39, 0.29) is 23.9 Å². The van der Waals surface area contributed by atoms with E-state index in [9.17, 15) is 9.90 Å². The first-order chi connectivity index (χ1) is 13.9. The maximum absolute atomic E-state index is 13.0. The van der Waals surface area contributed by atoms with E-state index in [1.807, 2.05) is 49.2 Å². The molecule has 1 aromatic heterocycles. The van der Waals surface area contributed by atoms with Crippen molar-refractivity contribution in [2.45, 2.75) is 63.3 Å². The minimum Gasteiger partial charge on any atom is -0.388 e. The molecule has 156 valence electrons. The van der Waals surface area contributed by atoms with Gasteiger partial charge in [-0.15, -0.1) is 0 Å². The topological polar surface area (TPSA) is 70.4 Å². The number of likely N-dealkylation sites (tertiary alicyclic amines) is 1. The van der Waals surface area contributed by atoms with E-state index in [0.717, 1.165) is 49.9 Å². The Hall–Kier alpha value is -2.18. The average Bonchev–Trinajstić information content (AvgIpc) is 3.37. The summed E-state index contributed by atoms with van der Waals surface area (Å²) in [4.78, 5) is 15.4. The van der Waals surface area contributed by atoms with Crippen LogP contribution in [0, 0.1) is 5.92 Å². The van der Waals surface area contributed by atoms with Crippen LogP contribution in [0.1, 0.15) is 56.2 Å². The van der Waals surface area contributed by atoms with Gasteiger partial charge in [0, 0.05) is 37.8 Å². The number of aryl methyl sites for hydroxylation is 1. The van der Waals surface area contributed by atoms with Crippen LogP contribution in [-0.2, 0) is 18.4 Å². The van der Waals surface area contributed by atoms with Crippen molar-refractivity contribution in [3.63, 3.8) is 0 Å². The second-order valence-electron chi connectivity index (χ2n) is 8.92. The van der Waals surface area contributed by atoms with Crippen molar-refractivity contribution < 1.29 is 9.90 Å². The first kappa shape index (κ1) is 20.1. The zero-order valence-electron chi connectivity index (χ0n) is 17.4. The molecule has 1 saturated carbocycles. The number of nitrogens with one attached hydrogen (secondary N) is 1. The molecule has 0 unspecified atom stereocenters. The van der Waals surface area contributed by atoms with Gasteiger partial charge >= 0.3 is 0 Å². The van der Waals surface area contributed by atoms with Gasteiger partial charge in [-0.3, -0.25) is 14.4 Å².